The van der Waals surface area contributed by atoms with Gasteiger partial charge >= 0.3 is 0 Å². The molecule has 1 atom stereocenters. The zero-order chi connectivity index (χ0) is 13.5. The predicted molar refractivity (Wildman–Crippen MR) is 81.2 cm³/mol. The van der Waals surface area contributed by atoms with E-state index in [-0.39, 0.29) is 5.82 Å². The molecule has 1 nitrogen and oxygen atoms in total. The van der Waals surface area contributed by atoms with Gasteiger partial charge in [0, 0.05) is 16.7 Å². The van der Waals surface area contributed by atoms with Crippen LogP contribution in [0.4, 0.5) is 4.39 Å². The van der Waals surface area contributed by atoms with Gasteiger partial charge in [-0.25, -0.2) is 4.39 Å². The van der Waals surface area contributed by atoms with E-state index in [0.29, 0.717) is 6.04 Å². The Morgan fingerprint density at radius 1 is 1.21 bits per heavy atom. The molecule has 0 aliphatic heterocycles. The molecule has 1 fully saturated rings. The first-order valence-electron chi connectivity index (χ1n) is 7.36. The summed E-state index contributed by atoms with van der Waals surface area (Å²) >= 11 is 1.64. The normalized spacial score (nSPS) is 19.1. The van der Waals surface area contributed by atoms with E-state index in [0.717, 1.165) is 16.6 Å². The molecule has 0 aromatic heterocycles. The maximum Gasteiger partial charge on any atom is 0.136 e. The first-order valence-corrected chi connectivity index (χ1v) is 8.34. The molecule has 1 aliphatic rings. The molecule has 2 rings (SSSR count). The number of nitrogens with one attached hydrogen (secondary N) is 1. The van der Waals surface area contributed by atoms with Crippen molar-refractivity contribution >= 4 is 11.8 Å². The highest BCUT2D eigenvalue weighted by Crippen LogP contribution is 2.29. The van der Waals surface area contributed by atoms with Crippen LogP contribution in [-0.4, -0.2) is 18.8 Å². The molecule has 3 heteroatoms. The Labute approximate surface area is 120 Å². The highest BCUT2D eigenvalue weighted by atomic mass is 32.2. The second-order valence-corrected chi connectivity index (χ2v) is 6.45. The SMILES string of the molecule is CNC(CSc1ccccc1F)C1CCCCCC1. The van der Waals surface area contributed by atoms with Crippen LogP contribution in [0.2, 0.25) is 0 Å². The summed E-state index contributed by atoms with van der Waals surface area (Å²) in [7, 11) is 2.04. The number of hydrogen-bond donors (Lipinski definition) is 1. The van der Waals surface area contributed by atoms with Gasteiger partial charge in [0.1, 0.15) is 5.82 Å². The van der Waals surface area contributed by atoms with E-state index in [4.69, 9.17) is 0 Å². The molecule has 1 aromatic carbocycles. The quantitative estimate of drug-likeness (QED) is 0.631. The maximum atomic E-state index is 13.6. The topological polar surface area (TPSA) is 12.0 Å². The zero-order valence-electron chi connectivity index (χ0n) is 11.7. The molecule has 0 spiro atoms. The minimum Gasteiger partial charge on any atom is -0.316 e. The molecule has 0 radical (unpaired) electrons. The average molecular weight is 281 g/mol. The van der Waals surface area contributed by atoms with Crippen molar-refractivity contribution in [3.63, 3.8) is 0 Å². The van der Waals surface area contributed by atoms with E-state index in [1.807, 2.05) is 19.2 Å². The molecule has 0 amide bonds. The van der Waals surface area contributed by atoms with Crippen LogP contribution in [0.5, 0.6) is 0 Å². The minimum absolute atomic E-state index is 0.0942. The van der Waals surface area contributed by atoms with E-state index in [1.54, 1.807) is 23.9 Å². The molecule has 0 bridgehead atoms. The van der Waals surface area contributed by atoms with E-state index >= 15 is 0 Å². The third kappa shape index (κ3) is 4.50. The summed E-state index contributed by atoms with van der Waals surface area (Å²) < 4.78 is 13.6. The highest BCUT2D eigenvalue weighted by Gasteiger charge is 2.21. The average Bonchev–Trinajstić information content (AvgIpc) is 2.71. The number of rotatable bonds is 5. The lowest BCUT2D eigenvalue weighted by atomic mass is 9.93. The third-order valence-electron chi connectivity index (χ3n) is 4.09. The summed E-state index contributed by atoms with van der Waals surface area (Å²) in [6.07, 6.45) is 8.12. The molecule has 0 heterocycles. The van der Waals surface area contributed by atoms with Gasteiger partial charge in [0.2, 0.25) is 0 Å². The van der Waals surface area contributed by atoms with Gasteiger partial charge in [-0.05, 0) is 37.9 Å². The molecule has 19 heavy (non-hydrogen) atoms. The second-order valence-electron chi connectivity index (χ2n) is 5.39. The number of hydrogen-bond acceptors (Lipinski definition) is 2. The number of benzene rings is 1. The van der Waals surface area contributed by atoms with Crippen LogP contribution in [0.3, 0.4) is 0 Å². The van der Waals surface area contributed by atoms with Crippen molar-refractivity contribution < 1.29 is 4.39 Å². The van der Waals surface area contributed by atoms with Gasteiger partial charge in [0.25, 0.3) is 0 Å². The first kappa shape index (κ1) is 14.9. The van der Waals surface area contributed by atoms with Crippen molar-refractivity contribution in [3.05, 3.63) is 30.1 Å². The standard InChI is InChI=1S/C16H24FNS/c1-18-15(13-8-4-2-3-5-9-13)12-19-16-11-7-6-10-14(16)17/h6-7,10-11,13,15,18H,2-5,8-9,12H2,1H3. The van der Waals surface area contributed by atoms with E-state index in [2.05, 4.69) is 5.32 Å². The fourth-order valence-corrected chi connectivity index (χ4v) is 4.09. The van der Waals surface area contributed by atoms with Gasteiger partial charge in [0.15, 0.2) is 0 Å². The van der Waals surface area contributed by atoms with Gasteiger partial charge in [-0.2, -0.15) is 0 Å². The lowest BCUT2D eigenvalue weighted by Crippen LogP contribution is -2.35. The summed E-state index contributed by atoms with van der Waals surface area (Å²) in [5.74, 6) is 1.62. The summed E-state index contributed by atoms with van der Waals surface area (Å²) in [5, 5.41) is 3.45. The van der Waals surface area contributed by atoms with Crippen LogP contribution in [0, 0.1) is 11.7 Å². The van der Waals surface area contributed by atoms with Crippen molar-refractivity contribution in [2.24, 2.45) is 5.92 Å². The largest absolute Gasteiger partial charge is 0.316 e. The molecular formula is C16H24FNS. The highest BCUT2D eigenvalue weighted by molar-refractivity contribution is 7.99. The van der Waals surface area contributed by atoms with Crippen molar-refractivity contribution in [3.8, 4) is 0 Å². The third-order valence-corrected chi connectivity index (χ3v) is 5.26. The van der Waals surface area contributed by atoms with E-state index < -0.39 is 0 Å². The molecule has 1 aliphatic carbocycles. The molecule has 1 saturated carbocycles. The van der Waals surface area contributed by atoms with Crippen LogP contribution >= 0.6 is 11.8 Å². The molecular weight excluding hydrogens is 257 g/mol. The summed E-state index contributed by atoms with van der Waals surface area (Å²) in [4.78, 5) is 0.774. The Kier molecular flexibility index (Phi) is 6.18. The monoisotopic (exact) mass is 281 g/mol. The molecule has 1 unspecified atom stereocenters. The minimum atomic E-state index is -0.0942. The molecule has 0 saturated heterocycles. The van der Waals surface area contributed by atoms with Gasteiger partial charge in [-0.3, -0.25) is 0 Å². The summed E-state index contributed by atoms with van der Waals surface area (Å²) in [5.41, 5.74) is 0. The Hall–Kier alpha value is -0.540. The fraction of sp³-hybridized carbons (Fsp3) is 0.625. The predicted octanol–water partition coefficient (Wildman–Crippen LogP) is 4.48. The number of thioether (sulfide) groups is 1. The van der Waals surface area contributed by atoms with Gasteiger partial charge in [-0.15, -0.1) is 11.8 Å². The Morgan fingerprint density at radius 2 is 1.89 bits per heavy atom. The smallest absolute Gasteiger partial charge is 0.136 e. The van der Waals surface area contributed by atoms with Crippen molar-refractivity contribution in [2.75, 3.05) is 12.8 Å². The lowest BCUT2D eigenvalue weighted by Gasteiger charge is -2.25. The first-order chi connectivity index (χ1) is 9.31. The maximum absolute atomic E-state index is 13.6. The fourth-order valence-electron chi connectivity index (χ4n) is 2.91. The Bertz CT molecular complexity index is 375. The van der Waals surface area contributed by atoms with Gasteiger partial charge in [-0.1, -0.05) is 37.8 Å². The summed E-state index contributed by atoms with van der Waals surface area (Å²) in [6, 6.07) is 7.58. The lowest BCUT2D eigenvalue weighted by molar-refractivity contribution is 0.359. The van der Waals surface area contributed by atoms with Crippen LogP contribution < -0.4 is 5.32 Å². The van der Waals surface area contributed by atoms with Crippen molar-refractivity contribution in [1.82, 2.24) is 5.32 Å². The van der Waals surface area contributed by atoms with E-state index in [9.17, 15) is 4.39 Å². The van der Waals surface area contributed by atoms with Crippen molar-refractivity contribution in [2.45, 2.75) is 49.5 Å². The van der Waals surface area contributed by atoms with Crippen molar-refractivity contribution in [1.29, 1.82) is 0 Å². The molecule has 1 N–H and O–H groups in total. The van der Waals surface area contributed by atoms with E-state index in [1.165, 1.54) is 38.5 Å². The van der Waals surface area contributed by atoms with Crippen LogP contribution in [0.25, 0.3) is 0 Å². The molecule has 106 valence electrons. The zero-order valence-corrected chi connectivity index (χ0v) is 12.5. The molecule has 1 aromatic rings. The Morgan fingerprint density at radius 3 is 2.53 bits per heavy atom. The van der Waals surface area contributed by atoms with Gasteiger partial charge < -0.3 is 5.32 Å². The van der Waals surface area contributed by atoms with Gasteiger partial charge in [0.05, 0.1) is 0 Å². The Balaban J connectivity index is 1.90. The summed E-state index contributed by atoms with van der Waals surface area (Å²) in [6.45, 7) is 0. The van der Waals surface area contributed by atoms with Crippen LogP contribution in [0.1, 0.15) is 38.5 Å². The van der Waals surface area contributed by atoms with Crippen LogP contribution in [0.15, 0.2) is 29.2 Å². The number of halogens is 1. The van der Waals surface area contributed by atoms with Crippen LogP contribution in [-0.2, 0) is 0 Å². The second kappa shape index (κ2) is 7.91.